The van der Waals surface area contributed by atoms with E-state index in [9.17, 15) is 13.0 Å². The molecule has 0 spiro atoms. The Morgan fingerprint density at radius 3 is 1.29 bits per heavy atom. The summed E-state index contributed by atoms with van der Waals surface area (Å²) in [5.74, 6) is 0. The van der Waals surface area contributed by atoms with Crippen LogP contribution in [0, 0.1) is 0 Å². The zero-order valence-corrected chi connectivity index (χ0v) is 18.8. The van der Waals surface area contributed by atoms with Gasteiger partial charge in [0.1, 0.15) is 0 Å². The Kier molecular flexibility index (Phi) is 21.1. The molecule has 0 radical (unpaired) electrons. The van der Waals surface area contributed by atoms with Gasteiger partial charge in [0, 0.05) is 11.9 Å². The fourth-order valence-corrected chi connectivity index (χ4v) is 3.26. The first-order chi connectivity index (χ1) is 11.0. The summed E-state index contributed by atoms with van der Waals surface area (Å²) in [5, 5.41) is 7.95. The van der Waals surface area contributed by atoms with E-state index in [-0.39, 0.29) is 29.6 Å². The summed E-state index contributed by atoms with van der Waals surface area (Å²) in [7, 11) is -4.08. The molecule has 0 saturated carbocycles. The van der Waals surface area contributed by atoms with Crippen LogP contribution in [0.2, 0.25) is 0 Å². The van der Waals surface area contributed by atoms with Gasteiger partial charge in [0.25, 0.3) is 0 Å². The van der Waals surface area contributed by atoms with E-state index in [1.54, 1.807) is 0 Å². The van der Waals surface area contributed by atoms with Crippen LogP contribution in [0.4, 0.5) is 0 Å². The molecule has 4 nitrogen and oxygen atoms in total. The minimum Gasteiger partial charge on any atom is -0.748 e. The molecular formula is C18H37NaO4S. The zero-order chi connectivity index (χ0) is 17.4. The van der Waals surface area contributed by atoms with Gasteiger partial charge < -0.3 is 9.66 Å². The van der Waals surface area contributed by atoms with Gasteiger partial charge in [-0.1, -0.05) is 83.5 Å². The van der Waals surface area contributed by atoms with E-state index in [2.05, 4.69) is 0 Å². The predicted molar refractivity (Wildman–Crippen MR) is 95.5 cm³/mol. The number of hydrogen-bond donors (Lipinski definition) is 1. The van der Waals surface area contributed by atoms with Crippen molar-refractivity contribution in [3.05, 3.63) is 0 Å². The minimum atomic E-state index is -4.08. The Labute approximate surface area is 172 Å². The number of aliphatic hydroxyl groups excluding tert-OH is 1. The van der Waals surface area contributed by atoms with Crippen molar-refractivity contribution in [3.8, 4) is 0 Å². The molecule has 0 aromatic rings. The van der Waals surface area contributed by atoms with Crippen LogP contribution in [0.1, 0.15) is 103 Å². The SMILES string of the molecule is CC(CCCCCCCCCCCCCCCCO)S(=O)(=O)[O-].[Na+]. The maximum Gasteiger partial charge on any atom is 1.00 e. The second-order valence-electron chi connectivity index (χ2n) is 6.77. The smallest absolute Gasteiger partial charge is 0.748 e. The number of hydrogen-bond acceptors (Lipinski definition) is 4. The van der Waals surface area contributed by atoms with Crippen LogP contribution in [-0.2, 0) is 10.1 Å². The normalized spacial score (nSPS) is 12.8. The molecule has 140 valence electrons. The summed E-state index contributed by atoms with van der Waals surface area (Å²) < 4.78 is 32.2. The topological polar surface area (TPSA) is 77.4 Å². The van der Waals surface area contributed by atoms with E-state index in [0.29, 0.717) is 13.0 Å². The molecule has 6 heteroatoms. The van der Waals surface area contributed by atoms with Crippen molar-refractivity contribution in [2.24, 2.45) is 0 Å². The molecular weight excluding hydrogens is 335 g/mol. The standard InChI is InChI=1S/C18H38O4S.Na/c1-18(23(20,21)22)16-14-12-10-8-6-4-2-3-5-7-9-11-13-15-17-19;/h18-19H,2-17H2,1H3,(H,20,21,22);/q;+1/p-1. The molecule has 1 N–H and O–H groups in total. The Bertz CT molecular complexity index is 347. The van der Waals surface area contributed by atoms with Crippen molar-refractivity contribution in [2.45, 2.75) is 108 Å². The van der Waals surface area contributed by atoms with Gasteiger partial charge in [-0.3, -0.25) is 0 Å². The van der Waals surface area contributed by atoms with E-state index in [1.807, 2.05) is 0 Å². The van der Waals surface area contributed by atoms with Crippen molar-refractivity contribution >= 4 is 10.1 Å². The van der Waals surface area contributed by atoms with Crippen molar-refractivity contribution < 1.29 is 47.6 Å². The average Bonchev–Trinajstić information content (AvgIpc) is 2.50. The largest absolute Gasteiger partial charge is 1.00 e. The molecule has 0 aromatic heterocycles. The first-order valence-corrected chi connectivity index (χ1v) is 11.0. The Balaban J connectivity index is 0. The molecule has 0 amide bonds. The van der Waals surface area contributed by atoms with E-state index in [0.717, 1.165) is 32.1 Å². The minimum absolute atomic E-state index is 0. The zero-order valence-electron chi connectivity index (χ0n) is 16.0. The van der Waals surface area contributed by atoms with Crippen LogP contribution in [0.25, 0.3) is 0 Å². The van der Waals surface area contributed by atoms with Gasteiger partial charge in [0.2, 0.25) is 0 Å². The van der Waals surface area contributed by atoms with Crippen LogP contribution in [-0.4, -0.2) is 29.9 Å². The third kappa shape index (κ3) is 19.2. The number of aliphatic hydroxyl groups is 1. The number of unbranched alkanes of at least 4 members (excludes halogenated alkanes) is 13. The Morgan fingerprint density at radius 2 is 1.00 bits per heavy atom. The molecule has 0 fully saturated rings. The van der Waals surface area contributed by atoms with Crippen LogP contribution in [0.3, 0.4) is 0 Å². The Hall–Kier alpha value is 0.870. The molecule has 0 bridgehead atoms. The van der Waals surface area contributed by atoms with Crippen molar-refractivity contribution in [1.29, 1.82) is 0 Å². The monoisotopic (exact) mass is 372 g/mol. The van der Waals surface area contributed by atoms with Crippen molar-refractivity contribution in [1.82, 2.24) is 0 Å². The van der Waals surface area contributed by atoms with Gasteiger partial charge in [-0.25, -0.2) is 8.42 Å². The van der Waals surface area contributed by atoms with Gasteiger partial charge >= 0.3 is 29.6 Å². The quantitative estimate of drug-likeness (QED) is 0.240. The first-order valence-electron chi connectivity index (χ1n) is 9.54. The molecule has 0 aliphatic rings. The first kappa shape index (κ1) is 27.1. The maximum atomic E-state index is 10.7. The number of rotatable bonds is 17. The van der Waals surface area contributed by atoms with Gasteiger partial charge in [-0.15, -0.1) is 0 Å². The summed E-state index contributed by atoms with van der Waals surface area (Å²) >= 11 is 0. The van der Waals surface area contributed by atoms with Crippen LogP contribution in [0.5, 0.6) is 0 Å². The van der Waals surface area contributed by atoms with E-state index in [4.69, 9.17) is 5.11 Å². The van der Waals surface area contributed by atoms with Crippen LogP contribution in [0.15, 0.2) is 0 Å². The van der Waals surface area contributed by atoms with Gasteiger partial charge in [0.15, 0.2) is 0 Å². The molecule has 0 aliphatic carbocycles. The summed E-state index contributed by atoms with van der Waals surface area (Å²) in [6.45, 7) is 1.84. The average molecular weight is 373 g/mol. The summed E-state index contributed by atoms with van der Waals surface area (Å²) in [5.41, 5.74) is 0. The molecule has 1 atom stereocenters. The molecule has 0 rings (SSSR count). The van der Waals surface area contributed by atoms with Crippen molar-refractivity contribution in [2.75, 3.05) is 6.61 Å². The van der Waals surface area contributed by atoms with Gasteiger partial charge in [-0.05, 0) is 19.8 Å². The van der Waals surface area contributed by atoms with Crippen LogP contribution >= 0.6 is 0 Å². The molecule has 0 heterocycles. The third-order valence-corrected chi connectivity index (χ3v) is 5.73. The Morgan fingerprint density at radius 1 is 0.708 bits per heavy atom. The molecule has 24 heavy (non-hydrogen) atoms. The van der Waals surface area contributed by atoms with E-state index < -0.39 is 15.4 Å². The molecule has 0 saturated heterocycles. The second kappa shape index (κ2) is 18.7. The summed E-state index contributed by atoms with van der Waals surface area (Å²) in [4.78, 5) is 0. The van der Waals surface area contributed by atoms with Gasteiger partial charge in [-0.2, -0.15) is 0 Å². The molecule has 0 aliphatic heterocycles. The molecule has 1 unspecified atom stereocenters. The fourth-order valence-electron chi connectivity index (χ4n) is 2.81. The van der Waals surface area contributed by atoms with Gasteiger partial charge in [0.05, 0.1) is 10.1 Å². The van der Waals surface area contributed by atoms with Crippen LogP contribution < -0.4 is 29.6 Å². The summed E-state index contributed by atoms with van der Waals surface area (Å²) in [6.07, 6.45) is 17.3. The van der Waals surface area contributed by atoms with Crippen molar-refractivity contribution in [3.63, 3.8) is 0 Å². The fraction of sp³-hybridized carbons (Fsp3) is 1.00. The van der Waals surface area contributed by atoms with E-state index >= 15 is 0 Å². The maximum absolute atomic E-state index is 10.7. The predicted octanol–water partition coefficient (Wildman–Crippen LogP) is 1.77. The summed E-state index contributed by atoms with van der Waals surface area (Å²) in [6, 6.07) is 0. The second-order valence-corrected chi connectivity index (χ2v) is 8.56. The van der Waals surface area contributed by atoms with E-state index in [1.165, 1.54) is 64.7 Å². The molecule has 0 aromatic carbocycles. The third-order valence-electron chi connectivity index (χ3n) is 4.51.